The minimum Gasteiger partial charge on any atom is -0.222 e. The molecule has 1 unspecified atom stereocenters. The summed E-state index contributed by atoms with van der Waals surface area (Å²) in [6.07, 6.45) is 3.47. The predicted octanol–water partition coefficient (Wildman–Crippen LogP) is 2.75. The summed E-state index contributed by atoms with van der Waals surface area (Å²) in [5.74, 6) is 0.724. The number of benzene rings is 1. The van der Waals surface area contributed by atoms with Gasteiger partial charge in [-0.2, -0.15) is 10.1 Å². The van der Waals surface area contributed by atoms with Crippen LogP contribution in [0.2, 0.25) is 0 Å². The Morgan fingerprint density at radius 3 is 2.88 bits per heavy atom. The fourth-order valence-electron chi connectivity index (χ4n) is 2.20. The van der Waals surface area contributed by atoms with Crippen LogP contribution in [0.3, 0.4) is 0 Å². The second-order valence-corrected chi connectivity index (χ2v) is 4.17. The zero-order chi connectivity index (χ0) is 11.7. The van der Waals surface area contributed by atoms with Gasteiger partial charge in [0.2, 0.25) is 5.95 Å². The first kappa shape index (κ1) is 10.2. The van der Waals surface area contributed by atoms with Gasteiger partial charge in [0, 0.05) is 12.1 Å². The number of aromatic nitrogens is 3. The lowest BCUT2D eigenvalue weighted by molar-refractivity contribution is 0.527. The average Bonchev–Trinajstić information content (AvgIpc) is 2.86. The molecule has 0 radical (unpaired) electrons. The number of aliphatic imine (C=N–C) groups is 1. The van der Waals surface area contributed by atoms with Gasteiger partial charge in [0.05, 0.1) is 6.04 Å². The molecule has 86 valence electrons. The third-order valence-electron chi connectivity index (χ3n) is 3.13. The largest absolute Gasteiger partial charge is 0.248 e. The van der Waals surface area contributed by atoms with Crippen LogP contribution in [0.25, 0.3) is 0 Å². The van der Waals surface area contributed by atoms with Gasteiger partial charge in [-0.25, -0.2) is 9.67 Å². The number of nitrogens with zero attached hydrogens (tertiary/aromatic N) is 4. The molecular formula is C13H14N4. The molecule has 0 fully saturated rings. The lowest BCUT2D eigenvalue weighted by Crippen LogP contribution is -2.20. The second-order valence-electron chi connectivity index (χ2n) is 4.17. The van der Waals surface area contributed by atoms with Crippen LogP contribution in [0.4, 0.5) is 5.95 Å². The zero-order valence-electron chi connectivity index (χ0n) is 9.74. The summed E-state index contributed by atoms with van der Waals surface area (Å²) in [6, 6.07) is 10.7. The average molecular weight is 226 g/mol. The molecule has 3 rings (SSSR count). The molecule has 1 aromatic heterocycles. The number of hydrogen-bond donors (Lipinski definition) is 0. The first-order valence-corrected chi connectivity index (χ1v) is 5.89. The molecule has 2 aromatic rings. The fourth-order valence-corrected chi connectivity index (χ4v) is 2.20. The zero-order valence-corrected chi connectivity index (χ0v) is 9.74. The quantitative estimate of drug-likeness (QED) is 0.790. The minimum atomic E-state index is 0.237. The second kappa shape index (κ2) is 4.13. The molecule has 1 aliphatic heterocycles. The van der Waals surface area contributed by atoms with Gasteiger partial charge < -0.3 is 0 Å². The Morgan fingerprint density at radius 2 is 2.12 bits per heavy atom. The highest BCUT2D eigenvalue weighted by Gasteiger charge is 2.24. The van der Waals surface area contributed by atoms with Gasteiger partial charge in [0.25, 0.3) is 0 Å². The van der Waals surface area contributed by atoms with Crippen molar-refractivity contribution in [2.45, 2.75) is 25.8 Å². The maximum absolute atomic E-state index is 4.51. The van der Waals surface area contributed by atoms with Crippen molar-refractivity contribution in [1.29, 1.82) is 0 Å². The summed E-state index contributed by atoms with van der Waals surface area (Å²) in [7, 11) is 0. The molecule has 0 aliphatic carbocycles. The molecule has 0 saturated heterocycles. The van der Waals surface area contributed by atoms with Crippen LogP contribution >= 0.6 is 0 Å². The van der Waals surface area contributed by atoms with E-state index in [0.29, 0.717) is 0 Å². The standard InChI is InChI=1S/C13H14N4/c1-2-11-8-12(10-6-4-3-5-7-10)17-13(16-11)14-9-15-17/h3-7,9,12H,2,8H2,1H3. The molecule has 0 bridgehead atoms. The molecule has 1 atom stereocenters. The predicted molar refractivity (Wildman–Crippen MR) is 66.6 cm³/mol. The first-order chi connectivity index (χ1) is 8.38. The first-order valence-electron chi connectivity index (χ1n) is 5.89. The van der Waals surface area contributed by atoms with Crippen molar-refractivity contribution in [3.05, 3.63) is 42.2 Å². The summed E-state index contributed by atoms with van der Waals surface area (Å²) in [6.45, 7) is 2.13. The van der Waals surface area contributed by atoms with Crippen molar-refractivity contribution in [2.24, 2.45) is 4.99 Å². The number of hydrogen-bond acceptors (Lipinski definition) is 3. The van der Waals surface area contributed by atoms with Gasteiger partial charge in [-0.05, 0) is 12.0 Å². The molecule has 1 aromatic carbocycles. The van der Waals surface area contributed by atoms with Gasteiger partial charge in [-0.15, -0.1) is 0 Å². The van der Waals surface area contributed by atoms with Crippen LogP contribution in [0.1, 0.15) is 31.4 Å². The van der Waals surface area contributed by atoms with Gasteiger partial charge in [-0.1, -0.05) is 37.3 Å². The Labute approximate surface area is 100 Å². The van der Waals surface area contributed by atoms with Crippen molar-refractivity contribution in [3.63, 3.8) is 0 Å². The lowest BCUT2D eigenvalue weighted by Gasteiger charge is -2.23. The Bertz CT molecular complexity index is 542. The molecule has 0 saturated carbocycles. The van der Waals surface area contributed by atoms with Gasteiger partial charge >= 0.3 is 0 Å². The van der Waals surface area contributed by atoms with E-state index in [2.05, 4.69) is 46.3 Å². The number of fused-ring (bicyclic) bond motifs is 1. The lowest BCUT2D eigenvalue weighted by atomic mass is 9.99. The molecule has 0 amide bonds. The maximum Gasteiger partial charge on any atom is 0.248 e. The maximum atomic E-state index is 4.51. The summed E-state index contributed by atoms with van der Waals surface area (Å²) in [4.78, 5) is 8.70. The van der Waals surface area contributed by atoms with Gasteiger partial charge in [0.15, 0.2) is 0 Å². The molecule has 0 spiro atoms. The highest BCUT2D eigenvalue weighted by molar-refractivity contribution is 5.87. The van der Waals surface area contributed by atoms with E-state index in [4.69, 9.17) is 0 Å². The van der Waals surface area contributed by atoms with Crippen LogP contribution in [-0.2, 0) is 0 Å². The molecule has 4 nitrogen and oxygen atoms in total. The van der Waals surface area contributed by atoms with E-state index in [9.17, 15) is 0 Å². The van der Waals surface area contributed by atoms with Crippen molar-refractivity contribution < 1.29 is 0 Å². The van der Waals surface area contributed by atoms with E-state index in [1.807, 2.05) is 10.7 Å². The molecule has 1 aliphatic rings. The van der Waals surface area contributed by atoms with Crippen LogP contribution in [-0.4, -0.2) is 20.5 Å². The summed E-state index contributed by atoms with van der Waals surface area (Å²) < 4.78 is 1.91. The van der Waals surface area contributed by atoms with E-state index in [-0.39, 0.29) is 6.04 Å². The Kier molecular flexibility index (Phi) is 2.48. The smallest absolute Gasteiger partial charge is 0.222 e. The minimum absolute atomic E-state index is 0.237. The topological polar surface area (TPSA) is 43.1 Å². The van der Waals surface area contributed by atoms with Crippen LogP contribution in [0.5, 0.6) is 0 Å². The van der Waals surface area contributed by atoms with Gasteiger partial charge in [0.1, 0.15) is 6.33 Å². The van der Waals surface area contributed by atoms with Crippen LogP contribution in [0, 0.1) is 0 Å². The number of rotatable bonds is 2. The highest BCUT2D eigenvalue weighted by Crippen LogP contribution is 2.30. The summed E-state index contributed by atoms with van der Waals surface area (Å²) in [5.41, 5.74) is 2.46. The van der Waals surface area contributed by atoms with Crippen LogP contribution in [0.15, 0.2) is 41.7 Å². The Hall–Kier alpha value is -1.97. The van der Waals surface area contributed by atoms with Gasteiger partial charge in [-0.3, -0.25) is 0 Å². The monoisotopic (exact) mass is 226 g/mol. The third kappa shape index (κ3) is 1.75. The van der Waals surface area contributed by atoms with E-state index in [1.165, 1.54) is 11.3 Å². The normalized spacial score (nSPS) is 18.6. The third-order valence-corrected chi connectivity index (χ3v) is 3.13. The molecular weight excluding hydrogens is 212 g/mol. The molecule has 0 N–H and O–H groups in total. The van der Waals surface area contributed by atoms with Crippen molar-refractivity contribution in [3.8, 4) is 0 Å². The van der Waals surface area contributed by atoms with E-state index < -0.39 is 0 Å². The van der Waals surface area contributed by atoms with Crippen molar-refractivity contribution >= 4 is 11.7 Å². The highest BCUT2D eigenvalue weighted by atomic mass is 15.4. The SMILES string of the molecule is CCC1=Nc2ncnn2C(c2ccccc2)C1. The fraction of sp³-hybridized carbons (Fsp3) is 0.308. The van der Waals surface area contributed by atoms with E-state index >= 15 is 0 Å². The molecule has 2 heterocycles. The van der Waals surface area contributed by atoms with Crippen molar-refractivity contribution in [2.75, 3.05) is 0 Å². The molecule has 17 heavy (non-hydrogen) atoms. The Morgan fingerprint density at radius 1 is 1.29 bits per heavy atom. The Balaban J connectivity index is 2.06. The van der Waals surface area contributed by atoms with Crippen molar-refractivity contribution in [1.82, 2.24) is 14.8 Å². The summed E-state index contributed by atoms with van der Waals surface area (Å²) >= 11 is 0. The van der Waals surface area contributed by atoms with E-state index in [0.717, 1.165) is 18.8 Å². The molecule has 4 heteroatoms. The summed E-state index contributed by atoms with van der Waals surface area (Å²) in [5, 5.41) is 4.28. The van der Waals surface area contributed by atoms with E-state index in [1.54, 1.807) is 6.33 Å². The van der Waals surface area contributed by atoms with Crippen LogP contribution < -0.4 is 0 Å².